The molecule has 0 aliphatic carbocycles. The summed E-state index contributed by atoms with van der Waals surface area (Å²) in [6, 6.07) is 11.6. The Bertz CT molecular complexity index is 716. The highest BCUT2D eigenvalue weighted by atomic mass is 35.5. The second-order valence-electron chi connectivity index (χ2n) is 5.25. The van der Waals surface area contributed by atoms with Crippen molar-refractivity contribution in [2.45, 2.75) is 20.3 Å². The van der Waals surface area contributed by atoms with Crippen molar-refractivity contribution in [2.24, 2.45) is 5.92 Å². The van der Waals surface area contributed by atoms with Crippen molar-refractivity contribution < 1.29 is 4.42 Å². The van der Waals surface area contributed by atoms with Crippen LogP contribution in [0.25, 0.3) is 22.6 Å². The van der Waals surface area contributed by atoms with Crippen molar-refractivity contribution in [2.75, 3.05) is 0 Å². The van der Waals surface area contributed by atoms with E-state index >= 15 is 0 Å². The second kappa shape index (κ2) is 5.25. The third-order valence-electron chi connectivity index (χ3n) is 3.01. The van der Waals surface area contributed by atoms with E-state index in [1.165, 1.54) is 0 Å². The SMILES string of the molecule is CC(C)Cc1cc(Cl)nc(-c2cc3ccccc3o2)n1. The Morgan fingerprint density at radius 3 is 2.70 bits per heavy atom. The number of halogens is 1. The lowest BCUT2D eigenvalue weighted by Crippen LogP contribution is -2.00. The molecular weight excluding hydrogens is 272 g/mol. The Morgan fingerprint density at radius 1 is 1.15 bits per heavy atom. The molecule has 0 fully saturated rings. The molecule has 0 amide bonds. The van der Waals surface area contributed by atoms with Gasteiger partial charge in [0.05, 0.1) is 0 Å². The minimum absolute atomic E-state index is 0.450. The monoisotopic (exact) mass is 286 g/mol. The van der Waals surface area contributed by atoms with Gasteiger partial charge in [-0.2, -0.15) is 0 Å². The van der Waals surface area contributed by atoms with Gasteiger partial charge in [0.15, 0.2) is 11.6 Å². The first kappa shape index (κ1) is 13.1. The average Bonchev–Trinajstić information content (AvgIpc) is 2.80. The molecule has 2 aromatic heterocycles. The zero-order chi connectivity index (χ0) is 14.1. The molecule has 0 aliphatic rings. The molecule has 0 saturated carbocycles. The van der Waals surface area contributed by atoms with Gasteiger partial charge in [0, 0.05) is 11.1 Å². The van der Waals surface area contributed by atoms with Crippen molar-refractivity contribution in [3.63, 3.8) is 0 Å². The quantitative estimate of drug-likeness (QED) is 0.653. The summed E-state index contributed by atoms with van der Waals surface area (Å²) in [4.78, 5) is 8.82. The van der Waals surface area contributed by atoms with Crippen LogP contribution in [0.2, 0.25) is 5.15 Å². The number of rotatable bonds is 3. The van der Waals surface area contributed by atoms with E-state index in [9.17, 15) is 0 Å². The molecule has 0 bridgehead atoms. The predicted molar refractivity (Wildman–Crippen MR) is 80.8 cm³/mol. The maximum Gasteiger partial charge on any atom is 0.197 e. The molecule has 0 spiro atoms. The summed E-state index contributed by atoms with van der Waals surface area (Å²) in [6.45, 7) is 4.30. The van der Waals surface area contributed by atoms with Gasteiger partial charge in [0.25, 0.3) is 0 Å². The molecule has 3 rings (SSSR count). The molecule has 2 heterocycles. The summed E-state index contributed by atoms with van der Waals surface area (Å²) >= 11 is 6.09. The molecule has 102 valence electrons. The van der Waals surface area contributed by atoms with Gasteiger partial charge in [-0.1, -0.05) is 43.6 Å². The first-order chi connectivity index (χ1) is 9.61. The van der Waals surface area contributed by atoms with Gasteiger partial charge < -0.3 is 4.42 Å². The molecule has 0 saturated heterocycles. The maximum absolute atomic E-state index is 6.09. The van der Waals surface area contributed by atoms with E-state index in [-0.39, 0.29) is 0 Å². The van der Waals surface area contributed by atoms with Crippen LogP contribution in [-0.2, 0) is 6.42 Å². The van der Waals surface area contributed by atoms with E-state index in [2.05, 4.69) is 23.8 Å². The zero-order valence-electron chi connectivity index (χ0n) is 11.4. The molecule has 0 atom stereocenters. The highest BCUT2D eigenvalue weighted by Gasteiger charge is 2.11. The van der Waals surface area contributed by atoms with Crippen molar-refractivity contribution in [1.29, 1.82) is 0 Å². The van der Waals surface area contributed by atoms with E-state index in [1.807, 2.05) is 36.4 Å². The Labute approximate surface area is 122 Å². The van der Waals surface area contributed by atoms with Crippen LogP contribution in [0.4, 0.5) is 0 Å². The van der Waals surface area contributed by atoms with Crippen LogP contribution in [0.5, 0.6) is 0 Å². The van der Waals surface area contributed by atoms with Crippen molar-refractivity contribution in [3.8, 4) is 11.6 Å². The average molecular weight is 287 g/mol. The first-order valence-corrected chi connectivity index (χ1v) is 7.02. The fourth-order valence-electron chi connectivity index (χ4n) is 2.19. The lowest BCUT2D eigenvalue weighted by molar-refractivity contribution is 0.616. The van der Waals surface area contributed by atoms with Crippen molar-refractivity contribution in [3.05, 3.63) is 47.2 Å². The van der Waals surface area contributed by atoms with Crippen molar-refractivity contribution in [1.82, 2.24) is 9.97 Å². The summed E-state index contributed by atoms with van der Waals surface area (Å²) in [6.07, 6.45) is 0.871. The van der Waals surface area contributed by atoms with Crippen molar-refractivity contribution >= 4 is 22.6 Å². The number of hydrogen-bond acceptors (Lipinski definition) is 3. The van der Waals surface area contributed by atoms with Crippen LogP contribution in [0, 0.1) is 5.92 Å². The fraction of sp³-hybridized carbons (Fsp3) is 0.250. The zero-order valence-corrected chi connectivity index (χ0v) is 12.2. The Kier molecular flexibility index (Phi) is 3.45. The number of benzene rings is 1. The largest absolute Gasteiger partial charge is 0.453 e. The van der Waals surface area contributed by atoms with Gasteiger partial charge >= 0.3 is 0 Å². The third-order valence-corrected chi connectivity index (χ3v) is 3.20. The molecule has 0 radical (unpaired) electrons. The third kappa shape index (κ3) is 2.68. The van der Waals surface area contributed by atoms with Crippen LogP contribution in [0.3, 0.4) is 0 Å². The second-order valence-corrected chi connectivity index (χ2v) is 5.64. The number of fused-ring (bicyclic) bond motifs is 1. The highest BCUT2D eigenvalue weighted by molar-refractivity contribution is 6.29. The number of nitrogens with zero attached hydrogens (tertiary/aromatic N) is 2. The number of furan rings is 1. The summed E-state index contributed by atoms with van der Waals surface area (Å²) in [5.74, 6) is 1.72. The van der Waals surface area contributed by atoms with E-state index in [0.29, 0.717) is 22.7 Å². The lowest BCUT2D eigenvalue weighted by atomic mass is 10.1. The maximum atomic E-state index is 6.09. The number of para-hydroxylation sites is 1. The summed E-state index contributed by atoms with van der Waals surface area (Å²) in [7, 11) is 0. The molecule has 0 unspecified atom stereocenters. The van der Waals surface area contributed by atoms with Gasteiger partial charge in [-0.25, -0.2) is 9.97 Å². The molecule has 1 aromatic carbocycles. The van der Waals surface area contributed by atoms with Gasteiger partial charge in [0.1, 0.15) is 10.7 Å². The van der Waals surface area contributed by atoms with Crippen LogP contribution in [0.15, 0.2) is 40.8 Å². The minimum Gasteiger partial charge on any atom is -0.453 e. The van der Waals surface area contributed by atoms with Crippen LogP contribution in [0.1, 0.15) is 19.5 Å². The molecule has 0 N–H and O–H groups in total. The van der Waals surface area contributed by atoms with Crippen LogP contribution >= 0.6 is 11.6 Å². The van der Waals surface area contributed by atoms with E-state index in [1.54, 1.807) is 0 Å². The van der Waals surface area contributed by atoms with Gasteiger partial charge in [0.2, 0.25) is 0 Å². The van der Waals surface area contributed by atoms with E-state index in [4.69, 9.17) is 16.0 Å². The van der Waals surface area contributed by atoms with E-state index in [0.717, 1.165) is 23.1 Å². The van der Waals surface area contributed by atoms with E-state index < -0.39 is 0 Å². The summed E-state index contributed by atoms with van der Waals surface area (Å²) < 4.78 is 5.79. The standard InChI is InChI=1S/C16H15ClN2O/c1-10(2)7-12-9-15(17)19-16(18-12)14-8-11-5-3-4-6-13(11)20-14/h3-6,8-10H,7H2,1-2H3. The highest BCUT2D eigenvalue weighted by Crippen LogP contribution is 2.26. The molecule has 20 heavy (non-hydrogen) atoms. The van der Waals surface area contributed by atoms with Gasteiger partial charge in [-0.05, 0) is 30.5 Å². The predicted octanol–water partition coefficient (Wildman–Crippen LogP) is 4.74. The molecule has 3 aromatic rings. The topological polar surface area (TPSA) is 38.9 Å². The lowest BCUT2D eigenvalue weighted by Gasteiger charge is -2.05. The number of aromatic nitrogens is 2. The van der Waals surface area contributed by atoms with Gasteiger partial charge in [-0.3, -0.25) is 0 Å². The normalized spacial score (nSPS) is 11.4. The molecule has 0 aliphatic heterocycles. The van der Waals surface area contributed by atoms with Crippen LogP contribution in [-0.4, -0.2) is 9.97 Å². The number of hydrogen-bond donors (Lipinski definition) is 0. The summed E-state index contributed by atoms with van der Waals surface area (Å²) in [5.41, 5.74) is 1.77. The fourth-order valence-corrected chi connectivity index (χ4v) is 2.40. The summed E-state index contributed by atoms with van der Waals surface area (Å²) in [5, 5.41) is 1.49. The molecule has 3 nitrogen and oxygen atoms in total. The van der Waals surface area contributed by atoms with Gasteiger partial charge in [-0.15, -0.1) is 0 Å². The first-order valence-electron chi connectivity index (χ1n) is 6.64. The Hall–Kier alpha value is -1.87. The van der Waals surface area contributed by atoms with Crippen LogP contribution < -0.4 is 0 Å². The smallest absolute Gasteiger partial charge is 0.197 e. The Balaban J connectivity index is 2.06. The molecular formula is C16H15ClN2O. The molecule has 4 heteroatoms. The Morgan fingerprint density at radius 2 is 1.95 bits per heavy atom. The minimum atomic E-state index is 0.450.